The number of aromatic nitrogens is 2. The highest BCUT2D eigenvalue weighted by molar-refractivity contribution is 5.96. The Balaban J connectivity index is 1.02. The first-order chi connectivity index (χ1) is 25.8. The number of carbonyl (C=O) groups is 2. The fourth-order valence-corrected chi connectivity index (χ4v) is 8.05. The zero-order valence-electron chi connectivity index (χ0n) is 30.6. The number of ether oxygens (including phenoxy) is 3. The summed E-state index contributed by atoms with van der Waals surface area (Å²) in [5.41, 5.74) is 4.49. The van der Waals surface area contributed by atoms with E-state index >= 15 is 0 Å². The van der Waals surface area contributed by atoms with Gasteiger partial charge in [0.05, 0.1) is 44.5 Å². The Morgan fingerprint density at radius 2 is 1.55 bits per heavy atom. The van der Waals surface area contributed by atoms with Gasteiger partial charge >= 0.3 is 5.97 Å². The topological polar surface area (TPSA) is 118 Å². The second-order valence-electron chi connectivity index (χ2n) is 14.0. The van der Waals surface area contributed by atoms with Crippen LogP contribution >= 0.6 is 0 Å². The van der Waals surface area contributed by atoms with Crippen LogP contribution in [0.4, 0.5) is 5.95 Å². The Labute approximate surface area is 310 Å². The van der Waals surface area contributed by atoms with Crippen LogP contribution < -0.4 is 19.5 Å². The zero-order valence-corrected chi connectivity index (χ0v) is 30.6. The third kappa shape index (κ3) is 7.39. The summed E-state index contributed by atoms with van der Waals surface area (Å²) in [6, 6.07) is 29.5. The van der Waals surface area contributed by atoms with Crippen molar-refractivity contribution in [3.8, 4) is 17.2 Å². The number of nitrogens with one attached hydrogen (secondary N) is 1. The number of imidazole rings is 1. The highest BCUT2D eigenvalue weighted by Crippen LogP contribution is 2.41. The number of carbonyl (C=O) groups excluding carboxylic acids is 1. The normalized spacial score (nSPS) is 17.9. The lowest BCUT2D eigenvalue weighted by atomic mass is 9.76. The summed E-state index contributed by atoms with van der Waals surface area (Å²) < 4.78 is 18.6. The summed E-state index contributed by atoms with van der Waals surface area (Å²) >= 11 is 0. The number of fused-ring (bicyclic) bond motifs is 1. The molecule has 1 aromatic heterocycles. The maximum absolute atomic E-state index is 13.9. The van der Waals surface area contributed by atoms with Gasteiger partial charge in [0.2, 0.25) is 11.7 Å². The van der Waals surface area contributed by atoms with E-state index in [2.05, 4.69) is 39.0 Å². The predicted molar refractivity (Wildman–Crippen MR) is 205 cm³/mol. The predicted octanol–water partition coefficient (Wildman–Crippen LogP) is 6.56. The van der Waals surface area contributed by atoms with Gasteiger partial charge in [0, 0.05) is 43.2 Å². The molecule has 0 saturated carbocycles. The SMILES string of the molecule is COc1cc(C(=O)N2CCC(CCN3CCC(Nc4nc5ccccc5n4Cc4ccccc4C(=O)O)CC3)(c3ccccc3)C2)cc(OC)c1OC. The molecule has 2 fully saturated rings. The number of carboxylic acid groups (broad SMARTS) is 1. The maximum atomic E-state index is 13.9. The quantitative estimate of drug-likeness (QED) is 0.140. The summed E-state index contributed by atoms with van der Waals surface area (Å²) in [6.45, 7) is 4.51. The Morgan fingerprint density at radius 3 is 2.25 bits per heavy atom. The molecule has 4 aromatic carbocycles. The van der Waals surface area contributed by atoms with Gasteiger partial charge in [0.1, 0.15) is 0 Å². The molecule has 53 heavy (non-hydrogen) atoms. The molecule has 2 saturated heterocycles. The number of benzene rings is 4. The summed E-state index contributed by atoms with van der Waals surface area (Å²) in [5, 5.41) is 13.5. The van der Waals surface area contributed by atoms with E-state index in [-0.39, 0.29) is 17.4 Å². The highest BCUT2D eigenvalue weighted by atomic mass is 16.5. The van der Waals surface area contributed by atoms with Crippen LogP contribution in [0.5, 0.6) is 17.2 Å². The number of likely N-dealkylation sites (tertiary alicyclic amines) is 2. The lowest BCUT2D eigenvalue weighted by Gasteiger charge is -2.36. The minimum Gasteiger partial charge on any atom is -0.493 e. The van der Waals surface area contributed by atoms with Crippen molar-refractivity contribution >= 4 is 28.9 Å². The van der Waals surface area contributed by atoms with Crippen molar-refractivity contribution in [2.75, 3.05) is 59.4 Å². The van der Waals surface area contributed by atoms with Crippen LogP contribution in [0.2, 0.25) is 0 Å². The van der Waals surface area contributed by atoms with E-state index < -0.39 is 5.97 Å². The van der Waals surface area contributed by atoms with Crippen LogP contribution in [-0.4, -0.2) is 96.4 Å². The van der Waals surface area contributed by atoms with Gasteiger partial charge in [-0.25, -0.2) is 9.78 Å². The third-order valence-corrected chi connectivity index (χ3v) is 11.0. The summed E-state index contributed by atoms with van der Waals surface area (Å²) in [5.74, 6) is 1.16. The Morgan fingerprint density at radius 1 is 0.868 bits per heavy atom. The number of anilines is 1. The molecule has 2 aliphatic rings. The number of amides is 1. The van der Waals surface area contributed by atoms with Gasteiger partial charge in [0.15, 0.2) is 11.5 Å². The Kier molecular flexibility index (Phi) is 10.5. The largest absolute Gasteiger partial charge is 0.493 e. The van der Waals surface area contributed by atoms with Crippen molar-refractivity contribution in [3.63, 3.8) is 0 Å². The number of aromatic carboxylic acids is 1. The van der Waals surface area contributed by atoms with Gasteiger partial charge in [-0.15, -0.1) is 0 Å². The van der Waals surface area contributed by atoms with Crippen LogP contribution in [0, 0.1) is 0 Å². The van der Waals surface area contributed by atoms with Gasteiger partial charge in [-0.2, -0.15) is 0 Å². The fraction of sp³-hybridized carbons (Fsp3) is 0.357. The molecule has 276 valence electrons. The number of para-hydroxylation sites is 2. The molecule has 0 radical (unpaired) electrons. The summed E-state index contributed by atoms with van der Waals surface area (Å²) in [7, 11) is 4.67. The van der Waals surface area contributed by atoms with E-state index in [0.717, 1.165) is 67.9 Å². The standard InChI is InChI=1S/C42H47N5O6/c1-51-36-25-30(26-37(52-2)38(36)53-3)39(48)46-24-20-42(28-46,31-12-5-4-6-13-31)19-23-45-21-17-32(18-22-45)43-41-44-34-15-9-10-16-35(34)47(41)27-29-11-7-8-14-33(29)40(49)50/h4-16,25-26,32H,17-24,27-28H2,1-3H3,(H,43,44)(H,49,50). The molecular formula is C42H47N5O6. The number of nitrogens with zero attached hydrogens (tertiary/aromatic N) is 4. The molecule has 7 rings (SSSR count). The average molecular weight is 718 g/mol. The van der Waals surface area contributed by atoms with Crippen LogP contribution in [-0.2, 0) is 12.0 Å². The molecule has 2 aliphatic heterocycles. The fourth-order valence-electron chi connectivity index (χ4n) is 8.05. The van der Waals surface area contributed by atoms with Gasteiger partial charge in [0.25, 0.3) is 5.91 Å². The molecule has 1 amide bonds. The van der Waals surface area contributed by atoms with Crippen molar-refractivity contribution in [3.05, 3.63) is 113 Å². The van der Waals surface area contributed by atoms with E-state index in [9.17, 15) is 14.7 Å². The van der Waals surface area contributed by atoms with E-state index in [0.29, 0.717) is 48.0 Å². The van der Waals surface area contributed by atoms with Gasteiger partial charge < -0.3 is 39.0 Å². The molecule has 5 aromatic rings. The van der Waals surface area contributed by atoms with Crippen LogP contribution in [0.25, 0.3) is 11.0 Å². The Hall–Kier alpha value is -5.55. The van der Waals surface area contributed by atoms with E-state index in [4.69, 9.17) is 19.2 Å². The minimum absolute atomic E-state index is 0.0496. The van der Waals surface area contributed by atoms with Crippen LogP contribution in [0.3, 0.4) is 0 Å². The molecule has 1 unspecified atom stereocenters. The van der Waals surface area contributed by atoms with Crippen molar-refractivity contribution < 1.29 is 28.9 Å². The van der Waals surface area contributed by atoms with Crippen molar-refractivity contribution in [1.29, 1.82) is 0 Å². The summed E-state index contributed by atoms with van der Waals surface area (Å²) in [4.78, 5) is 35.4. The smallest absolute Gasteiger partial charge is 0.336 e. The number of carboxylic acids is 1. The van der Waals surface area contributed by atoms with Crippen molar-refractivity contribution in [1.82, 2.24) is 19.4 Å². The number of methoxy groups -OCH3 is 3. The molecule has 1 atom stereocenters. The first kappa shape index (κ1) is 35.8. The lowest BCUT2D eigenvalue weighted by Crippen LogP contribution is -2.42. The molecule has 11 heteroatoms. The number of hydrogen-bond donors (Lipinski definition) is 2. The number of rotatable bonds is 13. The van der Waals surface area contributed by atoms with E-state index in [1.54, 1.807) is 45.6 Å². The zero-order chi connectivity index (χ0) is 37.0. The van der Waals surface area contributed by atoms with Crippen LogP contribution in [0.1, 0.15) is 57.5 Å². The van der Waals surface area contributed by atoms with Crippen molar-refractivity contribution in [2.45, 2.75) is 43.7 Å². The van der Waals surface area contributed by atoms with Gasteiger partial charge in [-0.05, 0) is 73.7 Å². The molecule has 0 spiro atoms. The first-order valence-electron chi connectivity index (χ1n) is 18.2. The average Bonchev–Trinajstić information content (AvgIpc) is 3.79. The Bertz CT molecular complexity index is 2050. The number of piperidine rings is 1. The van der Waals surface area contributed by atoms with Crippen molar-refractivity contribution in [2.24, 2.45) is 0 Å². The lowest BCUT2D eigenvalue weighted by molar-refractivity contribution is 0.0694. The monoisotopic (exact) mass is 717 g/mol. The van der Waals surface area contributed by atoms with Gasteiger partial charge in [-0.1, -0.05) is 60.7 Å². The second-order valence-corrected chi connectivity index (χ2v) is 14.0. The van der Waals surface area contributed by atoms with Crippen LogP contribution in [0.15, 0.2) is 91.0 Å². The molecule has 0 aliphatic carbocycles. The molecule has 11 nitrogen and oxygen atoms in total. The molecule has 0 bridgehead atoms. The summed E-state index contributed by atoms with van der Waals surface area (Å²) in [6.07, 6.45) is 3.73. The minimum atomic E-state index is -0.934. The maximum Gasteiger partial charge on any atom is 0.336 e. The first-order valence-corrected chi connectivity index (χ1v) is 18.2. The molecule has 3 heterocycles. The highest BCUT2D eigenvalue weighted by Gasteiger charge is 2.42. The molecular weight excluding hydrogens is 670 g/mol. The molecule has 2 N–H and O–H groups in total. The van der Waals surface area contributed by atoms with E-state index in [1.807, 2.05) is 47.4 Å². The van der Waals surface area contributed by atoms with Gasteiger partial charge in [-0.3, -0.25) is 4.79 Å². The third-order valence-electron chi connectivity index (χ3n) is 11.0. The van der Waals surface area contributed by atoms with E-state index in [1.165, 1.54) is 5.56 Å². The number of hydrogen-bond acceptors (Lipinski definition) is 8. The second kappa shape index (κ2) is 15.6.